The van der Waals surface area contributed by atoms with Crippen molar-refractivity contribution in [2.75, 3.05) is 5.73 Å². The van der Waals surface area contributed by atoms with E-state index in [4.69, 9.17) is 5.73 Å². The van der Waals surface area contributed by atoms with Crippen LogP contribution >= 0.6 is 11.3 Å². The summed E-state index contributed by atoms with van der Waals surface area (Å²) < 4.78 is 27.5. The number of nitrogens with two attached hydrogens (primary N) is 1. The third kappa shape index (κ3) is 3.20. The summed E-state index contributed by atoms with van der Waals surface area (Å²) in [6.45, 7) is 5.82. The van der Waals surface area contributed by atoms with Crippen molar-refractivity contribution in [3.8, 4) is 0 Å². The highest BCUT2D eigenvalue weighted by molar-refractivity contribution is 7.89. The van der Waals surface area contributed by atoms with E-state index in [9.17, 15) is 8.42 Å². The molecule has 0 spiro atoms. The third-order valence-corrected chi connectivity index (χ3v) is 5.69. The second kappa shape index (κ2) is 5.55. The first-order valence-electron chi connectivity index (χ1n) is 6.21. The predicted molar refractivity (Wildman–Crippen MR) is 83.4 cm³/mol. The van der Waals surface area contributed by atoms with E-state index < -0.39 is 10.0 Å². The van der Waals surface area contributed by atoms with Crippen molar-refractivity contribution in [1.82, 2.24) is 4.72 Å². The molecule has 3 N–H and O–H groups in total. The van der Waals surface area contributed by atoms with Crippen LogP contribution in [0.3, 0.4) is 0 Å². The van der Waals surface area contributed by atoms with E-state index >= 15 is 0 Å². The number of rotatable bonds is 4. The Morgan fingerprint density at radius 3 is 2.25 bits per heavy atom. The molecule has 1 aromatic heterocycles. The summed E-state index contributed by atoms with van der Waals surface area (Å²) in [5.41, 5.74) is 7.63. The molecule has 4 nitrogen and oxygen atoms in total. The van der Waals surface area contributed by atoms with E-state index in [-0.39, 0.29) is 0 Å². The van der Waals surface area contributed by atoms with Gasteiger partial charge in [0.2, 0.25) is 10.0 Å². The molecule has 0 bridgehead atoms. The number of aryl methyl sites for hydroxylation is 3. The van der Waals surface area contributed by atoms with Crippen molar-refractivity contribution in [2.45, 2.75) is 32.2 Å². The van der Waals surface area contributed by atoms with Crippen molar-refractivity contribution in [3.63, 3.8) is 0 Å². The van der Waals surface area contributed by atoms with Crippen molar-refractivity contribution in [1.29, 1.82) is 0 Å². The van der Waals surface area contributed by atoms with E-state index in [1.807, 2.05) is 19.1 Å². The summed E-state index contributed by atoms with van der Waals surface area (Å²) in [6.07, 6.45) is 0. The first-order valence-corrected chi connectivity index (χ1v) is 8.51. The lowest BCUT2D eigenvalue weighted by Crippen LogP contribution is -2.24. The van der Waals surface area contributed by atoms with Crippen LogP contribution in [-0.4, -0.2) is 8.42 Å². The Kier molecular flexibility index (Phi) is 4.17. The lowest BCUT2D eigenvalue weighted by molar-refractivity contribution is 0.580. The van der Waals surface area contributed by atoms with Gasteiger partial charge in [-0.2, -0.15) is 0 Å². The minimum absolute atomic E-state index is 0.310. The quantitative estimate of drug-likeness (QED) is 0.853. The first kappa shape index (κ1) is 15.0. The first-order chi connectivity index (χ1) is 9.29. The van der Waals surface area contributed by atoms with Crippen molar-refractivity contribution in [3.05, 3.63) is 45.1 Å². The van der Waals surface area contributed by atoms with Crippen LogP contribution in [0.15, 0.2) is 29.2 Å². The normalized spacial score (nSPS) is 11.8. The van der Waals surface area contributed by atoms with Gasteiger partial charge in [-0.05, 0) is 56.2 Å². The fraction of sp³-hybridized carbons (Fsp3) is 0.286. The van der Waals surface area contributed by atoms with E-state index in [2.05, 4.69) is 4.72 Å². The van der Waals surface area contributed by atoms with Crippen LogP contribution in [-0.2, 0) is 16.6 Å². The molecule has 2 aromatic rings. The molecule has 2 rings (SSSR count). The zero-order valence-corrected chi connectivity index (χ0v) is 13.4. The molecular formula is C14H18N2O2S2. The van der Waals surface area contributed by atoms with Crippen LogP contribution < -0.4 is 10.5 Å². The van der Waals surface area contributed by atoms with Crippen LogP contribution in [0.5, 0.6) is 0 Å². The van der Waals surface area contributed by atoms with E-state index in [1.165, 1.54) is 4.88 Å². The SMILES string of the molecule is Cc1ccc(CNS(=O)(=O)c2c(C)cc(N)cc2C)s1. The van der Waals surface area contributed by atoms with E-state index in [0.717, 1.165) is 4.88 Å². The summed E-state index contributed by atoms with van der Waals surface area (Å²) in [7, 11) is -3.53. The van der Waals surface area contributed by atoms with Gasteiger partial charge in [0.05, 0.1) is 4.90 Å². The van der Waals surface area contributed by atoms with Gasteiger partial charge >= 0.3 is 0 Å². The van der Waals surface area contributed by atoms with Crippen LogP contribution in [0.4, 0.5) is 5.69 Å². The fourth-order valence-electron chi connectivity index (χ4n) is 2.23. The van der Waals surface area contributed by atoms with E-state index in [0.29, 0.717) is 28.3 Å². The third-order valence-electron chi connectivity index (χ3n) is 2.98. The Bertz CT molecular complexity index is 710. The second-order valence-corrected chi connectivity index (χ2v) is 7.90. The molecule has 0 radical (unpaired) electrons. The number of hydrogen-bond acceptors (Lipinski definition) is 4. The van der Waals surface area contributed by atoms with Crippen LogP contribution in [0, 0.1) is 20.8 Å². The number of sulfonamides is 1. The highest BCUT2D eigenvalue weighted by Crippen LogP contribution is 2.23. The number of benzene rings is 1. The summed E-state index contributed by atoms with van der Waals surface area (Å²) >= 11 is 1.59. The molecule has 0 aliphatic heterocycles. The summed E-state index contributed by atoms with van der Waals surface area (Å²) in [5, 5.41) is 0. The largest absolute Gasteiger partial charge is 0.399 e. The van der Waals surface area contributed by atoms with Gasteiger partial charge in [0.15, 0.2) is 0 Å². The smallest absolute Gasteiger partial charge is 0.241 e. The minimum Gasteiger partial charge on any atom is -0.399 e. The predicted octanol–water partition coefficient (Wildman–Crippen LogP) is 2.73. The highest BCUT2D eigenvalue weighted by Gasteiger charge is 2.19. The monoisotopic (exact) mass is 310 g/mol. The van der Waals surface area contributed by atoms with Gasteiger partial charge in [-0.25, -0.2) is 13.1 Å². The molecule has 0 aliphatic rings. The molecule has 0 amide bonds. The zero-order valence-electron chi connectivity index (χ0n) is 11.7. The van der Waals surface area contributed by atoms with Gasteiger partial charge in [-0.1, -0.05) is 0 Å². The van der Waals surface area contributed by atoms with Gasteiger partial charge < -0.3 is 5.73 Å². The van der Waals surface area contributed by atoms with Crippen LogP contribution in [0.1, 0.15) is 20.9 Å². The summed E-state index contributed by atoms with van der Waals surface area (Å²) in [6, 6.07) is 7.27. The Morgan fingerprint density at radius 1 is 1.15 bits per heavy atom. The molecular weight excluding hydrogens is 292 g/mol. The molecule has 0 aliphatic carbocycles. The topological polar surface area (TPSA) is 72.2 Å². The maximum Gasteiger partial charge on any atom is 0.241 e. The molecule has 0 saturated heterocycles. The Hall–Kier alpha value is -1.37. The molecule has 0 saturated carbocycles. The average molecular weight is 310 g/mol. The highest BCUT2D eigenvalue weighted by atomic mass is 32.2. The lowest BCUT2D eigenvalue weighted by atomic mass is 10.1. The fourth-order valence-corrected chi connectivity index (χ4v) is 4.60. The Morgan fingerprint density at radius 2 is 1.75 bits per heavy atom. The molecule has 1 aromatic carbocycles. The van der Waals surface area contributed by atoms with Crippen LogP contribution in [0.2, 0.25) is 0 Å². The molecule has 1 heterocycles. The van der Waals surface area contributed by atoms with Gasteiger partial charge in [-0.15, -0.1) is 11.3 Å². The molecule has 20 heavy (non-hydrogen) atoms. The number of anilines is 1. The zero-order chi connectivity index (χ0) is 14.9. The van der Waals surface area contributed by atoms with Crippen molar-refractivity contribution < 1.29 is 8.42 Å². The maximum absolute atomic E-state index is 12.4. The molecule has 6 heteroatoms. The molecule has 0 atom stereocenters. The number of nitrogens with one attached hydrogen (secondary N) is 1. The van der Waals surface area contributed by atoms with Gasteiger partial charge in [0.25, 0.3) is 0 Å². The summed E-state index contributed by atoms with van der Waals surface area (Å²) in [4.78, 5) is 2.48. The lowest BCUT2D eigenvalue weighted by Gasteiger charge is -2.12. The number of nitrogen functional groups attached to an aromatic ring is 1. The van der Waals surface area contributed by atoms with Crippen LogP contribution in [0.25, 0.3) is 0 Å². The Labute approximate surface area is 123 Å². The van der Waals surface area contributed by atoms with Crippen molar-refractivity contribution >= 4 is 27.0 Å². The van der Waals surface area contributed by atoms with Crippen molar-refractivity contribution in [2.24, 2.45) is 0 Å². The molecule has 0 unspecified atom stereocenters. The van der Waals surface area contributed by atoms with Gasteiger partial charge in [0.1, 0.15) is 0 Å². The average Bonchev–Trinajstić information content (AvgIpc) is 2.71. The second-order valence-electron chi connectivity index (χ2n) is 4.82. The maximum atomic E-state index is 12.4. The number of hydrogen-bond donors (Lipinski definition) is 2. The Balaban J connectivity index is 2.27. The standard InChI is InChI=1S/C14H18N2O2S2/c1-9-6-12(15)7-10(2)14(9)20(17,18)16-8-13-5-4-11(3)19-13/h4-7,16H,8,15H2,1-3H3. The minimum atomic E-state index is -3.53. The summed E-state index contributed by atoms with van der Waals surface area (Å²) in [5.74, 6) is 0. The van der Waals surface area contributed by atoms with Gasteiger partial charge in [0, 0.05) is 22.0 Å². The number of thiophene rings is 1. The van der Waals surface area contributed by atoms with Gasteiger partial charge in [-0.3, -0.25) is 0 Å². The molecule has 108 valence electrons. The molecule has 0 fully saturated rings. The van der Waals surface area contributed by atoms with E-state index in [1.54, 1.807) is 37.3 Å².